The van der Waals surface area contributed by atoms with Crippen LogP contribution in [-0.2, 0) is 6.42 Å². The molecule has 0 aliphatic carbocycles. The van der Waals surface area contributed by atoms with Crippen LogP contribution in [0.15, 0.2) is 48.5 Å². The van der Waals surface area contributed by atoms with Crippen molar-refractivity contribution in [3.63, 3.8) is 0 Å². The topological polar surface area (TPSA) is 93.4 Å². The summed E-state index contributed by atoms with van der Waals surface area (Å²) in [6.45, 7) is 0.534. The Morgan fingerprint density at radius 1 is 1.04 bits per heavy atom. The van der Waals surface area contributed by atoms with E-state index in [4.69, 9.17) is 10.5 Å². The number of benzene rings is 2. The van der Waals surface area contributed by atoms with E-state index in [2.05, 4.69) is 10.6 Å². The second-order valence-corrected chi connectivity index (χ2v) is 4.92. The molecule has 0 unspecified atom stereocenters. The lowest BCUT2D eigenvalue weighted by atomic mass is 10.1. The molecule has 6 nitrogen and oxygen atoms in total. The molecule has 2 rings (SSSR count). The summed E-state index contributed by atoms with van der Waals surface area (Å²) < 4.78 is 5.10. The number of hydrogen-bond acceptors (Lipinski definition) is 3. The van der Waals surface area contributed by atoms with Gasteiger partial charge in [0, 0.05) is 17.8 Å². The SMILES string of the molecule is COc1ccc(CCNC(=O)c2ccc(NC(N)=O)cc2)cc1. The van der Waals surface area contributed by atoms with Gasteiger partial charge in [-0.05, 0) is 48.4 Å². The fraction of sp³-hybridized carbons (Fsp3) is 0.176. The van der Waals surface area contributed by atoms with Gasteiger partial charge in [0.1, 0.15) is 5.75 Å². The number of nitrogens with one attached hydrogen (secondary N) is 2. The molecule has 0 aliphatic rings. The van der Waals surface area contributed by atoms with Crippen molar-refractivity contribution in [3.05, 3.63) is 59.7 Å². The summed E-state index contributed by atoms with van der Waals surface area (Å²) in [4.78, 5) is 22.8. The van der Waals surface area contributed by atoms with Crippen LogP contribution in [0, 0.1) is 0 Å². The lowest BCUT2D eigenvalue weighted by molar-refractivity contribution is 0.0954. The maximum atomic E-state index is 12.0. The minimum Gasteiger partial charge on any atom is -0.497 e. The zero-order valence-electron chi connectivity index (χ0n) is 12.8. The van der Waals surface area contributed by atoms with Gasteiger partial charge in [0.15, 0.2) is 0 Å². The largest absolute Gasteiger partial charge is 0.497 e. The van der Waals surface area contributed by atoms with E-state index < -0.39 is 6.03 Å². The van der Waals surface area contributed by atoms with Crippen LogP contribution >= 0.6 is 0 Å². The van der Waals surface area contributed by atoms with Crippen molar-refractivity contribution < 1.29 is 14.3 Å². The summed E-state index contributed by atoms with van der Waals surface area (Å²) in [6, 6.07) is 13.6. The average molecular weight is 313 g/mol. The van der Waals surface area contributed by atoms with E-state index in [9.17, 15) is 9.59 Å². The highest BCUT2D eigenvalue weighted by Gasteiger charge is 2.05. The minimum atomic E-state index is -0.637. The summed E-state index contributed by atoms with van der Waals surface area (Å²) in [5.41, 5.74) is 7.21. The standard InChI is InChI=1S/C17H19N3O3/c1-23-15-8-2-12(3-9-15)10-11-19-16(21)13-4-6-14(7-5-13)20-17(18)22/h2-9H,10-11H2,1H3,(H,19,21)(H3,18,20,22). The first kappa shape index (κ1) is 16.4. The Hall–Kier alpha value is -3.02. The van der Waals surface area contributed by atoms with Gasteiger partial charge < -0.3 is 21.1 Å². The fourth-order valence-corrected chi connectivity index (χ4v) is 2.06. The second-order valence-electron chi connectivity index (χ2n) is 4.92. The first-order valence-corrected chi connectivity index (χ1v) is 7.16. The third-order valence-corrected chi connectivity index (χ3v) is 3.27. The smallest absolute Gasteiger partial charge is 0.316 e. The molecule has 0 fully saturated rings. The first-order chi connectivity index (χ1) is 11.1. The summed E-state index contributed by atoms with van der Waals surface area (Å²) >= 11 is 0. The van der Waals surface area contributed by atoms with Crippen molar-refractivity contribution in [2.75, 3.05) is 19.0 Å². The molecule has 0 radical (unpaired) electrons. The molecule has 0 aliphatic heterocycles. The summed E-state index contributed by atoms with van der Waals surface area (Å²) in [7, 11) is 1.62. The van der Waals surface area contributed by atoms with Gasteiger partial charge in [-0.15, -0.1) is 0 Å². The number of methoxy groups -OCH3 is 1. The molecular formula is C17H19N3O3. The lowest BCUT2D eigenvalue weighted by Gasteiger charge is -2.07. The monoisotopic (exact) mass is 313 g/mol. The van der Waals surface area contributed by atoms with Gasteiger partial charge in [-0.2, -0.15) is 0 Å². The van der Waals surface area contributed by atoms with Crippen LogP contribution in [0.5, 0.6) is 5.75 Å². The molecule has 3 amide bonds. The highest BCUT2D eigenvalue weighted by molar-refractivity contribution is 5.95. The molecule has 0 spiro atoms. The van der Waals surface area contributed by atoms with Crippen LogP contribution in [0.1, 0.15) is 15.9 Å². The molecule has 0 bridgehead atoms. The number of carbonyl (C=O) groups excluding carboxylic acids is 2. The maximum Gasteiger partial charge on any atom is 0.316 e. The molecule has 0 atom stereocenters. The number of ether oxygens (including phenoxy) is 1. The van der Waals surface area contributed by atoms with Crippen molar-refractivity contribution in [2.24, 2.45) is 5.73 Å². The Kier molecular flexibility index (Phi) is 5.57. The highest BCUT2D eigenvalue weighted by atomic mass is 16.5. The molecule has 2 aromatic carbocycles. The van der Waals surface area contributed by atoms with Crippen molar-refractivity contribution in [3.8, 4) is 5.75 Å². The summed E-state index contributed by atoms with van der Waals surface area (Å²) in [5.74, 6) is 0.645. The highest BCUT2D eigenvalue weighted by Crippen LogP contribution is 2.12. The molecule has 2 aromatic rings. The predicted molar refractivity (Wildman–Crippen MR) is 88.7 cm³/mol. The number of anilines is 1. The van der Waals surface area contributed by atoms with E-state index in [1.54, 1.807) is 31.4 Å². The number of carbonyl (C=O) groups is 2. The quantitative estimate of drug-likeness (QED) is 0.763. The van der Waals surface area contributed by atoms with Gasteiger partial charge in [0.2, 0.25) is 0 Å². The van der Waals surface area contributed by atoms with Crippen molar-refractivity contribution in [2.45, 2.75) is 6.42 Å². The Morgan fingerprint density at radius 3 is 2.26 bits per heavy atom. The number of amides is 3. The molecule has 0 heterocycles. The Bertz CT molecular complexity index is 666. The second kappa shape index (κ2) is 7.84. The Labute approximate surface area is 134 Å². The number of urea groups is 1. The van der Waals surface area contributed by atoms with E-state index in [1.165, 1.54) is 0 Å². The molecule has 4 N–H and O–H groups in total. The van der Waals surface area contributed by atoms with Crippen molar-refractivity contribution in [1.82, 2.24) is 5.32 Å². The van der Waals surface area contributed by atoms with Gasteiger partial charge in [0.05, 0.1) is 7.11 Å². The third-order valence-electron chi connectivity index (χ3n) is 3.27. The van der Waals surface area contributed by atoms with Crippen LogP contribution in [-0.4, -0.2) is 25.6 Å². The van der Waals surface area contributed by atoms with Crippen LogP contribution in [0.2, 0.25) is 0 Å². The van der Waals surface area contributed by atoms with Crippen molar-refractivity contribution in [1.29, 1.82) is 0 Å². The third kappa shape index (κ3) is 5.03. The minimum absolute atomic E-state index is 0.163. The maximum absolute atomic E-state index is 12.0. The molecule has 23 heavy (non-hydrogen) atoms. The fourth-order valence-electron chi connectivity index (χ4n) is 2.06. The Morgan fingerprint density at radius 2 is 1.70 bits per heavy atom. The molecule has 6 heteroatoms. The zero-order valence-corrected chi connectivity index (χ0v) is 12.8. The normalized spacial score (nSPS) is 9.96. The number of hydrogen-bond donors (Lipinski definition) is 3. The molecule has 0 saturated carbocycles. The van der Waals surface area contributed by atoms with E-state index in [1.807, 2.05) is 24.3 Å². The van der Waals surface area contributed by atoms with E-state index >= 15 is 0 Å². The van der Waals surface area contributed by atoms with Crippen LogP contribution in [0.3, 0.4) is 0 Å². The predicted octanol–water partition coefficient (Wildman–Crippen LogP) is 2.16. The van der Waals surface area contributed by atoms with Crippen LogP contribution in [0.4, 0.5) is 10.5 Å². The van der Waals surface area contributed by atoms with Crippen LogP contribution in [0.25, 0.3) is 0 Å². The first-order valence-electron chi connectivity index (χ1n) is 7.16. The van der Waals surface area contributed by atoms with Crippen molar-refractivity contribution >= 4 is 17.6 Å². The lowest BCUT2D eigenvalue weighted by Crippen LogP contribution is -2.25. The number of rotatable bonds is 6. The van der Waals surface area contributed by atoms with Gasteiger partial charge >= 0.3 is 6.03 Å². The van der Waals surface area contributed by atoms with Gasteiger partial charge in [-0.3, -0.25) is 4.79 Å². The summed E-state index contributed by atoms with van der Waals surface area (Å²) in [5, 5.41) is 5.30. The Balaban J connectivity index is 1.83. The van der Waals surface area contributed by atoms with Gasteiger partial charge in [-0.25, -0.2) is 4.79 Å². The molecular weight excluding hydrogens is 294 g/mol. The molecule has 120 valence electrons. The zero-order chi connectivity index (χ0) is 16.7. The van der Waals surface area contributed by atoms with Crippen LogP contribution < -0.4 is 21.1 Å². The molecule has 0 aromatic heterocycles. The van der Waals surface area contributed by atoms with E-state index in [-0.39, 0.29) is 5.91 Å². The van der Waals surface area contributed by atoms with Gasteiger partial charge in [0.25, 0.3) is 5.91 Å². The number of nitrogens with two attached hydrogens (primary N) is 1. The van der Waals surface area contributed by atoms with E-state index in [0.29, 0.717) is 17.8 Å². The van der Waals surface area contributed by atoms with E-state index in [0.717, 1.165) is 17.7 Å². The van der Waals surface area contributed by atoms with Gasteiger partial charge in [-0.1, -0.05) is 12.1 Å². The summed E-state index contributed by atoms with van der Waals surface area (Å²) in [6.07, 6.45) is 0.733. The number of primary amides is 1. The molecule has 0 saturated heterocycles. The average Bonchev–Trinajstić information content (AvgIpc) is 2.55.